The summed E-state index contributed by atoms with van der Waals surface area (Å²) in [6, 6.07) is 10.3. The fraction of sp³-hybridized carbons (Fsp3) is 0.222. The first-order valence-electron chi connectivity index (χ1n) is 7.82. The van der Waals surface area contributed by atoms with Crippen molar-refractivity contribution in [3.8, 4) is 0 Å². The summed E-state index contributed by atoms with van der Waals surface area (Å²) in [5.41, 5.74) is 0.708. The Hall–Kier alpha value is -2.58. The Morgan fingerprint density at radius 1 is 1.15 bits per heavy atom. The van der Waals surface area contributed by atoms with Gasteiger partial charge in [-0.3, -0.25) is 4.72 Å². The highest BCUT2D eigenvalue weighted by atomic mass is 35.5. The third kappa shape index (κ3) is 5.21. The Morgan fingerprint density at radius 2 is 1.85 bits per heavy atom. The second kappa shape index (κ2) is 8.41. The Labute approximate surface area is 162 Å². The van der Waals surface area contributed by atoms with Gasteiger partial charge >= 0.3 is 11.9 Å². The monoisotopic (exact) mass is 411 g/mol. The van der Waals surface area contributed by atoms with Crippen LogP contribution in [0.4, 0.5) is 5.69 Å². The number of halogens is 1. The van der Waals surface area contributed by atoms with Crippen molar-refractivity contribution in [1.29, 1.82) is 0 Å². The average molecular weight is 412 g/mol. The molecule has 0 aliphatic carbocycles. The molecule has 2 rings (SSSR count). The number of hydrogen-bond donors (Lipinski definition) is 1. The van der Waals surface area contributed by atoms with Crippen LogP contribution in [0.1, 0.15) is 22.8 Å². The number of benzene rings is 2. The zero-order valence-electron chi connectivity index (χ0n) is 14.9. The third-order valence-electron chi connectivity index (χ3n) is 3.61. The lowest BCUT2D eigenvalue weighted by Gasteiger charge is -2.14. The summed E-state index contributed by atoms with van der Waals surface area (Å²) in [6.45, 7) is 2.95. The molecule has 0 heterocycles. The van der Waals surface area contributed by atoms with Crippen molar-refractivity contribution in [2.45, 2.75) is 24.8 Å². The SMILES string of the molecule is COC(=O)[C@@H](C)OC(=O)c1ccc(C)c(S(=O)(=O)Nc2cccc(Cl)c2)c1. The maximum Gasteiger partial charge on any atom is 0.346 e. The predicted octanol–water partition coefficient (Wildman–Crippen LogP) is 3.17. The van der Waals surface area contributed by atoms with Crippen LogP contribution >= 0.6 is 11.6 Å². The highest BCUT2D eigenvalue weighted by Gasteiger charge is 2.23. The number of ether oxygens (including phenoxy) is 2. The first-order chi connectivity index (χ1) is 12.6. The maximum atomic E-state index is 12.7. The number of carbonyl (C=O) groups excluding carboxylic acids is 2. The molecule has 27 heavy (non-hydrogen) atoms. The first kappa shape index (κ1) is 20.7. The lowest BCUT2D eigenvalue weighted by molar-refractivity contribution is -0.149. The molecule has 144 valence electrons. The molecule has 0 aliphatic heterocycles. The van der Waals surface area contributed by atoms with Gasteiger partial charge in [-0.05, 0) is 49.7 Å². The third-order valence-corrected chi connectivity index (χ3v) is 5.37. The summed E-state index contributed by atoms with van der Waals surface area (Å²) in [4.78, 5) is 23.5. The largest absolute Gasteiger partial charge is 0.466 e. The molecule has 0 unspecified atom stereocenters. The summed E-state index contributed by atoms with van der Waals surface area (Å²) in [6.07, 6.45) is -1.12. The van der Waals surface area contributed by atoms with E-state index >= 15 is 0 Å². The van der Waals surface area contributed by atoms with Gasteiger partial charge in [-0.1, -0.05) is 23.7 Å². The molecule has 9 heteroatoms. The van der Waals surface area contributed by atoms with Crippen molar-refractivity contribution in [2.75, 3.05) is 11.8 Å². The van der Waals surface area contributed by atoms with Crippen LogP contribution in [0.3, 0.4) is 0 Å². The summed E-state index contributed by atoms with van der Waals surface area (Å²) >= 11 is 5.87. The molecule has 0 saturated heterocycles. The topological polar surface area (TPSA) is 98.8 Å². The molecule has 0 bridgehead atoms. The zero-order valence-corrected chi connectivity index (χ0v) is 16.4. The number of aryl methyl sites for hydroxylation is 1. The van der Waals surface area contributed by atoms with Crippen molar-refractivity contribution in [3.63, 3.8) is 0 Å². The van der Waals surface area contributed by atoms with E-state index in [2.05, 4.69) is 9.46 Å². The van der Waals surface area contributed by atoms with Crippen molar-refractivity contribution in [3.05, 3.63) is 58.6 Å². The summed E-state index contributed by atoms with van der Waals surface area (Å²) in [5, 5.41) is 0.376. The van der Waals surface area contributed by atoms with Crippen molar-refractivity contribution < 1.29 is 27.5 Å². The van der Waals surface area contributed by atoms with Crippen LogP contribution in [0.5, 0.6) is 0 Å². The van der Waals surface area contributed by atoms with E-state index in [0.29, 0.717) is 10.6 Å². The van der Waals surface area contributed by atoms with E-state index in [1.165, 1.54) is 38.3 Å². The molecule has 0 aromatic heterocycles. The summed E-state index contributed by atoms with van der Waals surface area (Å²) < 4.78 is 37.3. The molecule has 0 saturated carbocycles. The second-order valence-electron chi connectivity index (χ2n) is 5.67. The fourth-order valence-corrected chi connectivity index (χ4v) is 3.73. The molecule has 0 fully saturated rings. The van der Waals surface area contributed by atoms with Crippen molar-refractivity contribution in [2.24, 2.45) is 0 Å². The quantitative estimate of drug-likeness (QED) is 0.733. The van der Waals surface area contributed by atoms with Crippen LogP contribution in [0, 0.1) is 6.92 Å². The van der Waals surface area contributed by atoms with Crippen LogP contribution in [0.15, 0.2) is 47.4 Å². The Morgan fingerprint density at radius 3 is 2.48 bits per heavy atom. The molecular formula is C18H18ClNO6S. The van der Waals surface area contributed by atoms with Crippen LogP contribution in [0.2, 0.25) is 5.02 Å². The van der Waals surface area contributed by atoms with Crippen LogP contribution in [0.25, 0.3) is 0 Å². The smallest absolute Gasteiger partial charge is 0.346 e. The maximum absolute atomic E-state index is 12.7. The number of rotatable bonds is 6. The van der Waals surface area contributed by atoms with Gasteiger partial charge < -0.3 is 9.47 Å². The molecular weight excluding hydrogens is 394 g/mol. The molecule has 2 aromatic carbocycles. The number of methoxy groups -OCH3 is 1. The van der Waals surface area contributed by atoms with E-state index < -0.39 is 28.1 Å². The lowest BCUT2D eigenvalue weighted by atomic mass is 10.1. The number of anilines is 1. The number of sulfonamides is 1. The molecule has 0 aliphatic rings. The zero-order chi connectivity index (χ0) is 20.2. The van der Waals surface area contributed by atoms with Gasteiger partial charge in [-0.25, -0.2) is 18.0 Å². The average Bonchev–Trinajstić information content (AvgIpc) is 2.60. The van der Waals surface area contributed by atoms with Gasteiger partial charge in [-0.2, -0.15) is 0 Å². The van der Waals surface area contributed by atoms with Crippen LogP contribution < -0.4 is 4.72 Å². The second-order valence-corrected chi connectivity index (χ2v) is 7.75. The molecule has 7 nitrogen and oxygen atoms in total. The number of hydrogen-bond acceptors (Lipinski definition) is 6. The highest BCUT2D eigenvalue weighted by molar-refractivity contribution is 7.92. The summed E-state index contributed by atoms with van der Waals surface area (Å²) in [5.74, 6) is -1.56. The van der Waals surface area contributed by atoms with E-state index in [1.807, 2.05) is 0 Å². The minimum absolute atomic E-state index is 0.0113. The standard InChI is InChI=1S/C18H18ClNO6S/c1-11-7-8-13(18(22)26-12(2)17(21)25-3)9-16(11)27(23,24)20-15-6-4-5-14(19)10-15/h4-10,12,20H,1-3H3/t12-/m1/s1. The van der Waals surface area contributed by atoms with Gasteiger partial charge in [0, 0.05) is 5.02 Å². The van der Waals surface area contributed by atoms with Gasteiger partial charge in [0.2, 0.25) is 0 Å². The predicted molar refractivity (Wildman–Crippen MR) is 100 cm³/mol. The van der Waals surface area contributed by atoms with Gasteiger partial charge in [0.25, 0.3) is 10.0 Å². The van der Waals surface area contributed by atoms with Crippen molar-refractivity contribution in [1.82, 2.24) is 0 Å². The Bertz CT molecular complexity index is 974. The van der Waals surface area contributed by atoms with Gasteiger partial charge in [-0.15, -0.1) is 0 Å². The van der Waals surface area contributed by atoms with E-state index in [4.69, 9.17) is 16.3 Å². The van der Waals surface area contributed by atoms with E-state index in [9.17, 15) is 18.0 Å². The molecule has 0 amide bonds. The van der Waals surface area contributed by atoms with Gasteiger partial charge in [0.15, 0.2) is 6.10 Å². The lowest BCUT2D eigenvalue weighted by Crippen LogP contribution is -2.25. The summed E-state index contributed by atoms with van der Waals surface area (Å²) in [7, 11) is -2.80. The molecule has 1 atom stereocenters. The van der Waals surface area contributed by atoms with Gasteiger partial charge in [0.1, 0.15) is 0 Å². The molecule has 1 N–H and O–H groups in total. The first-order valence-corrected chi connectivity index (χ1v) is 9.68. The Balaban J connectivity index is 2.30. The highest BCUT2D eigenvalue weighted by Crippen LogP contribution is 2.23. The number of carbonyl (C=O) groups is 2. The van der Waals surface area contributed by atoms with E-state index in [-0.39, 0.29) is 16.1 Å². The van der Waals surface area contributed by atoms with E-state index in [1.54, 1.807) is 25.1 Å². The number of nitrogens with one attached hydrogen (secondary N) is 1. The van der Waals surface area contributed by atoms with Gasteiger partial charge in [0.05, 0.1) is 23.3 Å². The Kier molecular flexibility index (Phi) is 6.45. The van der Waals surface area contributed by atoms with Crippen LogP contribution in [-0.2, 0) is 24.3 Å². The molecule has 0 spiro atoms. The van der Waals surface area contributed by atoms with Crippen molar-refractivity contribution >= 4 is 39.3 Å². The fourth-order valence-electron chi connectivity index (χ4n) is 2.22. The number of esters is 2. The minimum Gasteiger partial charge on any atom is -0.466 e. The van der Waals surface area contributed by atoms with Crippen LogP contribution in [-0.4, -0.2) is 33.6 Å². The molecule has 0 radical (unpaired) electrons. The molecule has 2 aromatic rings. The minimum atomic E-state index is -3.97. The van der Waals surface area contributed by atoms with E-state index in [0.717, 1.165) is 0 Å². The normalized spacial score (nSPS) is 12.1.